The van der Waals surface area contributed by atoms with Gasteiger partial charge < -0.3 is 5.73 Å². The lowest BCUT2D eigenvalue weighted by atomic mass is 10.3. The van der Waals surface area contributed by atoms with Gasteiger partial charge in [0.2, 0.25) is 0 Å². The number of allylic oxidation sites excluding steroid dienone is 2. The standard InChI is InChI=1S/C7H11ClN2/c1-5(2)4-7(9)10-6(3)8/h4H,1,9H2,2-3H3/b7-4-,10-6?. The van der Waals surface area contributed by atoms with Gasteiger partial charge in [0.25, 0.3) is 0 Å². The fraction of sp³-hybridized carbons (Fsp3) is 0.286. The van der Waals surface area contributed by atoms with Crippen LogP contribution in [0.1, 0.15) is 13.8 Å². The molecule has 0 aromatic heterocycles. The van der Waals surface area contributed by atoms with Gasteiger partial charge in [0.1, 0.15) is 11.0 Å². The molecule has 0 unspecified atom stereocenters. The Morgan fingerprint density at radius 3 is 2.40 bits per heavy atom. The summed E-state index contributed by atoms with van der Waals surface area (Å²) in [7, 11) is 0. The van der Waals surface area contributed by atoms with Crippen LogP contribution in [0.15, 0.2) is 29.0 Å². The molecule has 0 aromatic carbocycles. The highest BCUT2D eigenvalue weighted by molar-refractivity contribution is 6.64. The van der Waals surface area contributed by atoms with Crippen LogP contribution in [0.4, 0.5) is 0 Å². The average Bonchev–Trinajstić information content (AvgIpc) is 1.58. The molecule has 0 aromatic rings. The highest BCUT2D eigenvalue weighted by Crippen LogP contribution is 1.96. The van der Waals surface area contributed by atoms with Gasteiger partial charge in [0.05, 0.1) is 0 Å². The Kier molecular flexibility index (Phi) is 3.81. The third-order valence-electron chi connectivity index (χ3n) is 0.677. The summed E-state index contributed by atoms with van der Waals surface area (Å²) in [6, 6.07) is 0. The van der Waals surface area contributed by atoms with Crippen molar-refractivity contribution in [2.45, 2.75) is 13.8 Å². The molecule has 0 fully saturated rings. The zero-order valence-electron chi connectivity index (χ0n) is 6.19. The van der Waals surface area contributed by atoms with E-state index in [2.05, 4.69) is 11.6 Å². The molecule has 2 nitrogen and oxygen atoms in total. The van der Waals surface area contributed by atoms with Crippen molar-refractivity contribution in [3.05, 3.63) is 24.0 Å². The number of nitrogens with two attached hydrogens (primary N) is 1. The molecule has 0 heterocycles. The Balaban J connectivity index is 4.22. The Labute approximate surface area is 66.1 Å². The molecule has 2 N–H and O–H groups in total. The minimum Gasteiger partial charge on any atom is -0.384 e. The summed E-state index contributed by atoms with van der Waals surface area (Å²) in [6.45, 7) is 7.14. The molecule has 0 aliphatic carbocycles. The maximum Gasteiger partial charge on any atom is 0.124 e. The summed E-state index contributed by atoms with van der Waals surface area (Å²) in [6.07, 6.45) is 1.66. The van der Waals surface area contributed by atoms with Crippen LogP contribution in [-0.4, -0.2) is 5.17 Å². The number of halogens is 1. The topological polar surface area (TPSA) is 38.4 Å². The molecular weight excluding hydrogens is 148 g/mol. The predicted molar refractivity (Wildman–Crippen MR) is 46.0 cm³/mol. The molecule has 0 aliphatic heterocycles. The number of nitrogens with zero attached hydrogens (tertiary/aromatic N) is 1. The molecule has 0 spiro atoms. The fourth-order valence-corrected chi connectivity index (χ4v) is 0.560. The molecule has 56 valence electrons. The second-order valence-electron chi connectivity index (χ2n) is 2.02. The van der Waals surface area contributed by atoms with Crippen molar-refractivity contribution in [1.29, 1.82) is 0 Å². The summed E-state index contributed by atoms with van der Waals surface area (Å²) >= 11 is 5.46. The minimum atomic E-state index is 0.389. The summed E-state index contributed by atoms with van der Waals surface area (Å²) in [5, 5.41) is 0.426. The largest absolute Gasteiger partial charge is 0.384 e. The summed E-state index contributed by atoms with van der Waals surface area (Å²) in [5.41, 5.74) is 6.26. The van der Waals surface area contributed by atoms with Crippen LogP contribution in [0.2, 0.25) is 0 Å². The molecule has 0 amide bonds. The molecule has 0 bridgehead atoms. The van der Waals surface area contributed by atoms with Crippen molar-refractivity contribution in [2.75, 3.05) is 0 Å². The highest BCUT2D eigenvalue weighted by Gasteiger charge is 1.85. The quantitative estimate of drug-likeness (QED) is 0.485. The third kappa shape index (κ3) is 5.38. The lowest BCUT2D eigenvalue weighted by Crippen LogP contribution is -1.95. The smallest absolute Gasteiger partial charge is 0.124 e. The van der Waals surface area contributed by atoms with Gasteiger partial charge in [-0.3, -0.25) is 0 Å². The Morgan fingerprint density at radius 1 is 1.60 bits per heavy atom. The Hall–Kier alpha value is -0.760. The van der Waals surface area contributed by atoms with Gasteiger partial charge in [-0.15, -0.1) is 0 Å². The summed E-state index contributed by atoms with van der Waals surface area (Å²) in [5.74, 6) is 0.389. The number of aliphatic imine (C=N–C) groups is 1. The highest BCUT2D eigenvalue weighted by atomic mass is 35.5. The predicted octanol–water partition coefficient (Wildman–Crippen LogP) is 2.02. The lowest BCUT2D eigenvalue weighted by Gasteiger charge is -1.91. The van der Waals surface area contributed by atoms with Crippen molar-refractivity contribution >= 4 is 16.8 Å². The third-order valence-corrected chi connectivity index (χ3v) is 0.762. The van der Waals surface area contributed by atoms with E-state index in [-0.39, 0.29) is 0 Å². The van der Waals surface area contributed by atoms with E-state index in [4.69, 9.17) is 17.3 Å². The van der Waals surface area contributed by atoms with Crippen LogP contribution < -0.4 is 5.73 Å². The SMILES string of the molecule is C=C(C)/C=C(/N)N=C(C)Cl. The van der Waals surface area contributed by atoms with E-state index in [0.29, 0.717) is 11.0 Å². The first kappa shape index (κ1) is 9.24. The number of rotatable bonds is 2. The fourth-order valence-electron chi connectivity index (χ4n) is 0.463. The number of hydrogen-bond donors (Lipinski definition) is 1. The lowest BCUT2D eigenvalue weighted by molar-refractivity contribution is 1.23. The first-order valence-corrected chi connectivity index (χ1v) is 3.23. The van der Waals surface area contributed by atoms with Crippen LogP contribution >= 0.6 is 11.6 Å². The van der Waals surface area contributed by atoms with E-state index >= 15 is 0 Å². The molecular formula is C7H11ClN2. The first-order chi connectivity index (χ1) is 4.52. The van der Waals surface area contributed by atoms with E-state index in [9.17, 15) is 0 Å². The van der Waals surface area contributed by atoms with Gasteiger partial charge in [0.15, 0.2) is 0 Å². The van der Waals surface area contributed by atoms with Crippen LogP contribution in [0.3, 0.4) is 0 Å². The summed E-state index contributed by atoms with van der Waals surface area (Å²) < 4.78 is 0. The van der Waals surface area contributed by atoms with Crippen LogP contribution in [0.5, 0.6) is 0 Å². The van der Waals surface area contributed by atoms with Crippen molar-refractivity contribution < 1.29 is 0 Å². The second kappa shape index (κ2) is 4.12. The van der Waals surface area contributed by atoms with Gasteiger partial charge in [-0.05, 0) is 19.9 Å². The first-order valence-electron chi connectivity index (χ1n) is 2.86. The number of hydrogen-bond acceptors (Lipinski definition) is 2. The van der Waals surface area contributed by atoms with Crippen molar-refractivity contribution in [1.82, 2.24) is 0 Å². The van der Waals surface area contributed by atoms with Crippen LogP contribution in [-0.2, 0) is 0 Å². The molecule has 10 heavy (non-hydrogen) atoms. The van der Waals surface area contributed by atoms with Crippen molar-refractivity contribution in [2.24, 2.45) is 10.7 Å². The van der Waals surface area contributed by atoms with Gasteiger partial charge in [-0.25, -0.2) is 4.99 Å². The van der Waals surface area contributed by atoms with Gasteiger partial charge in [0, 0.05) is 0 Å². The van der Waals surface area contributed by atoms with E-state index in [1.165, 1.54) is 0 Å². The molecule has 3 heteroatoms. The molecule has 0 rings (SSSR count). The van der Waals surface area contributed by atoms with Gasteiger partial charge in [-0.1, -0.05) is 23.8 Å². The molecule has 0 atom stereocenters. The van der Waals surface area contributed by atoms with Gasteiger partial charge in [-0.2, -0.15) is 0 Å². The van der Waals surface area contributed by atoms with Crippen molar-refractivity contribution in [3.63, 3.8) is 0 Å². The van der Waals surface area contributed by atoms with Crippen LogP contribution in [0.25, 0.3) is 0 Å². The monoisotopic (exact) mass is 158 g/mol. The summed E-state index contributed by atoms with van der Waals surface area (Å²) in [4.78, 5) is 3.78. The van der Waals surface area contributed by atoms with Crippen LogP contribution in [0, 0.1) is 0 Å². The van der Waals surface area contributed by atoms with E-state index in [1.807, 2.05) is 6.92 Å². The van der Waals surface area contributed by atoms with E-state index in [0.717, 1.165) is 5.57 Å². The molecule has 0 radical (unpaired) electrons. The Morgan fingerprint density at radius 2 is 2.10 bits per heavy atom. The van der Waals surface area contributed by atoms with Gasteiger partial charge >= 0.3 is 0 Å². The average molecular weight is 159 g/mol. The van der Waals surface area contributed by atoms with Crippen molar-refractivity contribution in [3.8, 4) is 0 Å². The minimum absolute atomic E-state index is 0.389. The second-order valence-corrected chi connectivity index (χ2v) is 2.57. The van der Waals surface area contributed by atoms with E-state index in [1.54, 1.807) is 13.0 Å². The maximum atomic E-state index is 5.46. The Bertz CT molecular complexity index is 188. The molecule has 0 saturated heterocycles. The molecule has 0 aliphatic rings. The molecule has 0 saturated carbocycles. The zero-order valence-corrected chi connectivity index (χ0v) is 6.94. The normalized spacial score (nSPS) is 13.5. The zero-order chi connectivity index (χ0) is 8.15. The maximum absolute atomic E-state index is 5.46. The van der Waals surface area contributed by atoms with E-state index < -0.39 is 0 Å².